The maximum atomic E-state index is 5.48. The highest BCUT2D eigenvalue weighted by molar-refractivity contribution is 7.80. The molecule has 4 nitrogen and oxygen atoms in total. The van der Waals surface area contributed by atoms with Crippen LogP contribution in [0, 0.1) is 33.1 Å². The minimum Gasteiger partial charge on any atom is -0.362 e. The van der Waals surface area contributed by atoms with Gasteiger partial charge >= 0.3 is 0 Å². The first-order valence-electron chi connectivity index (χ1n) is 9.80. The zero-order valence-electron chi connectivity index (χ0n) is 18.2. The van der Waals surface area contributed by atoms with Crippen LogP contribution in [0.15, 0.2) is 36.4 Å². The second-order valence-corrected chi connectivity index (χ2v) is 9.23. The van der Waals surface area contributed by atoms with Gasteiger partial charge in [0.05, 0.1) is 0 Å². The van der Waals surface area contributed by atoms with Crippen LogP contribution in [-0.4, -0.2) is 23.3 Å². The normalized spacial score (nSPS) is 11.0. The quantitative estimate of drug-likeness (QED) is 0.473. The van der Waals surface area contributed by atoms with Gasteiger partial charge in [0.15, 0.2) is 10.2 Å². The summed E-state index contributed by atoms with van der Waals surface area (Å²) >= 11 is 11.0. The first-order chi connectivity index (χ1) is 13.6. The van der Waals surface area contributed by atoms with Crippen LogP contribution < -0.4 is 21.3 Å². The summed E-state index contributed by atoms with van der Waals surface area (Å²) in [5.74, 6) is 0. The van der Waals surface area contributed by atoms with Crippen molar-refractivity contribution in [3.05, 3.63) is 58.7 Å². The average Bonchev–Trinajstić information content (AvgIpc) is 2.65. The Morgan fingerprint density at radius 3 is 1.48 bits per heavy atom. The molecule has 156 valence electrons. The number of aryl methyl sites for hydroxylation is 4. The van der Waals surface area contributed by atoms with Gasteiger partial charge in [0.1, 0.15) is 0 Å². The summed E-state index contributed by atoms with van der Waals surface area (Å²) < 4.78 is 0. The lowest BCUT2D eigenvalue weighted by Gasteiger charge is -2.27. The van der Waals surface area contributed by atoms with Gasteiger partial charge in [-0.25, -0.2) is 0 Å². The summed E-state index contributed by atoms with van der Waals surface area (Å²) in [7, 11) is 0. The summed E-state index contributed by atoms with van der Waals surface area (Å²) in [5, 5.41) is 14.5. The van der Waals surface area contributed by atoms with Crippen molar-refractivity contribution in [3.63, 3.8) is 0 Å². The van der Waals surface area contributed by atoms with Crippen molar-refractivity contribution in [1.29, 1.82) is 0 Å². The minimum absolute atomic E-state index is 0.0409. The van der Waals surface area contributed by atoms with Crippen LogP contribution in [0.5, 0.6) is 0 Å². The standard InChI is InChI=1S/C23H32N4S2/c1-15-7-9-17(3)19(11-15)26-21(28)24-13-23(5,6)14-25-22(29)27-20-12-16(2)8-10-18(20)4/h7-12H,13-14H2,1-6H3,(H2,24,26,28)(H2,25,27,29). The zero-order valence-corrected chi connectivity index (χ0v) is 19.8. The van der Waals surface area contributed by atoms with Crippen LogP contribution in [0.25, 0.3) is 0 Å². The fraction of sp³-hybridized carbons (Fsp3) is 0.391. The van der Waals surface area contributed by atoms with Gasteiger partial charge in [0.25, 0.3) is 0 Å². The molecule has 0 radical (unpaired) electrons. The minimum atomic E-state index is -0.0409. The maximum Gasteiger partial charge on any atom is 0.170 e. The average molecular weight is 429 g/mol. The molecule has 0 heterocycles. The van der Waals surface area contributed by atoms with Crippen LogP contribution in [-0.2, 0) is 0 Å². The van der Waals surface area contributed by atoms with Gasteiger partial charge in [-0.2, -0.15) is 0 Å². The highest BCUT2D eigenvalue weighted by atomic mass is 32.1. The Balaban J connectivity index is 1.81. The number of anilines is 2. The summed E-state index contributed by atoms with van der Waals surface area (Å²) in [6.45, 7) is 14.1. The van der Waals surface area contributed by atoms with E-state index in [-0.39, 0.29) is 5.41 Å². The van der Waals surface area contributed by atoms with E-state index in [1.54, 1.807) is 0 Å². The number of thiocarbonyl (C=S) groups is 2. The summed E-state index contributed by atoms with van der Waals surface area (Å²) in [6.07, 6.45) is 0. The molecule has 4 N–H and O–H groups in total. The van der Waals surface area contributed by atoms with Gasteiger partial charge in [-0.15, -0.1) is 0 Å². The van der Waals surface area contributed by atoms with Crippen LogP contribution in [0.2, 0.25) is 0 Å². The van der Waals surface area contributed by atoms with E-state index in [1.807, 2.05) is 0 Å². The predicted octanol–water partition coefficient (Wildman–Crippen LogP) is 5.22. The third-order valence-electron chi connectivity index (χ3n) is 4.74. The van der Waals surface area contributed by atoms with E-state index in [0.717, 1.165) is 24.5 Å². The molecule has 0 amide bonds. The molecule has 0 atom stereocenters. The van der Waals surface area contributed by atoms with Gasteiger partial charge < -0.3 is 21.3 Å². The highest BCUT2D eigenvalue weighted by Gasteiger charge is 2.19. The lowest BCUT2D eigenvalue weighted by atomic mass is 9.93. The molecule has 0 fully saturated rings. The van der Waals surface area contributed by atoms with E-state index in [2.05, 4.69) is 99.2 Å². The van der Waals surface area contributed by atoms with Crippen molar-refractivity contribution in [2.75, 3.05) is 23.7 Å². The van der Waals surface area contributed by atoms with Gasteiger partial charge in [-0.1, -0.05) is 38.1 Å². The Hall–Kier alpha value is -2.18. The monoisotopic (exact) mass is 428 g/mol. The molecule has 0 saturated carbocycles. The second kappa shape index (κ2) is 10.0. The summed E-state index contributed by atoms with van der Waals surface area (Å²) in [4.78, 5) is 0. The van der Waals surface area contributed by atoms with Crippen LogP contribution in [0.3, 0.4) is 0 Å². The molecular formula is C23H32N4S2. The van der Waals surface area contributed by atoms with Gasteiger partial charge in [-0.05, 0) is 91.9 Å². The molecule has 2 rings (SSSR count). The van der Waals surface area contributed by atoms with E-state index in [1.165, 1.54) is 22.3 Å². The van der Waals surface area contributed by atoms with E-state index >= 15 is 0 Å². The predicted molar refractivity (Wildman–Crippen MR) is 134 cm³/mol. The zero-order chi connectivity index (χ0) is 21.6. The van der Waals surface area contributed by atoms with E-state index in [9.17, 15) is 0 Å². The number of nitrogens with one attached hydrogen (secondary N) is 4. The Kier molecular flexibility index (Phi) is 7.99. The fourth-order valence-corrected chi connectivity index (χ4v) is 3.14. The second-order valence-electron chi connectivity index (χ2n) is 8.42. The van der Waals surface area contributed by atoms with E-state index in [0.29, 0.717) is 10.2 Å². The molecule has 0 unspecified atom stereocenters. The van der Waals surface area contributed by atoms with Crippen molar-refractivity contribution in [3.8, 4) is 0 Å². The smallest absolute Gasteiger partial charge is 0.170 e. The van der Waals surface area contributed by atoms with Gasteiger partial charge in [0, 0.05) is 24.5 Å². The first kappa shape index (κ1) is 23.1. The third-order valence-corrected chi connectivity index (χ3v) is 5.23. The van der Waals surface area contributed by atoms with Crippen molar-refractivity contribution < 1.29 is 0 Å². The van der Waals surface area contributed by atoms with E-state index < -0.39 is 0 Å². The molecule has 0 saturated heterocycles. The lowest BCUT2D eigenvalue weighted by molar-refractivity contribution is 0.362. The fourth-order valence-electron chi connectivity index (χ4n) is 2.78. The number of hydrogen-bond donors (Lipinski definition) is 4. The molecule has 2 aromatic carbocycles. The Labute approximate surface area is 185 Å². The SMILES string of the molecule is Cc1ccc(C)c(NC(=S)NCC(C)(C)CNC(=S)Nc2cc(C)ccc2C)c1. The molecule has 0 aliphatic heterocycles. The summed E-state index contributed by atoms with van der Waals surface area (Å²) in [6, 6.07) is 12.6. The molecule has 0 bridgehead atoms. The summed E-state index contributed by atoms with van der Waals surface area (Å²) in [5.41, 5.74) is 6.79. The van der Waals surface area contributed by atoms with Crippen molar-refractivity contribution in [2.45, 2.75) is 41.5 Å². The molecule has 2 aromatic rings. The lowest BCUT2D eigenvalue weighted by Crippen LogP contribution is -2.44. The molecule has 6 heteroatoms. The Bertz CT molecular complexity index is 819. The molecule has 0 aliphatic carbocycles. The van der Waals surface area contributed by atoms with Crippen LogP contribution in [0.1, 0.15) is 36.1 Å². The van der Waals surface area contributed by atoms with E-state index in [4.69, 9.17) is 24.4 Å². The van der Waals surface area contributed by atoms with Crippen LogP contribution in [0.4, 0.5) is 11.4 Å². The molecule has 0 spiro atoms. The molecule has 29 heavy (non-hydrogen) atoms. The Morgan fingerprint density at radius 2 is 1.10 bits per heavy atom. The largest absolute Gasteiger partial charge is 0.362 e. The van der Waals surface area contributed by atoms with Gasteiger partial charge in [0.2, 0.25) is 0 Å². The molecular weight excluding hydrogens is 396 g/mol. The molecule has 0 aromatic heterocycles. The molecule has 0 aliphatic rings. The number of benzene rings is 2. The van der Waals surface area contributed by atoms with Crippen molar-refractivity contribution in [2.24, 2.45) is 5.41 Å². The maximum absolute atomic E-state index is 5.48. The first-order valence-corrected chi connectivity index (χ1v) is 10.6. The van der Waals surface area contributed by atoms with Crippen molar-refractivity contribution in [1.82, 2.24) is 10.6 Å². The highest BCUT2D eigenvalue weighted by Crippen LogP contribution is 2.18. The number of rotatable bonds is 6. The third kappa shape index (κ3) is 7.63. The van der Waals surface area contributed by atoms with Crippen LogP contribution >= 0.6 is 24.4 Å². The number of hydrogen-bond acceptors (Lipinski definition) is 2. The topological polar surface area (TPSA) is 48.1 Å². The van der Waals surface area contributed by atoms with Crippen molar-refractivity contribution >= 4 is 46.0 Å². The van der Waals surface area contributed by atoms with Gasteiger partial charge in [-0.3, -0.25) is 0 Å². The Morgan fingerprint density at radius 1 is 0.724 bits per heavy atom.